The molecule has 0 atom stereocenters. The Kier molecular flexibility index (Phi) is 5.77. The van der Waals surface area contributed by atoms with Crippen molar-refractivity contribution in [3.8, 4) is 0 Å². The van der Waals surface area contributed by atoms with Crippen molar-refractivity contribution in [3.63, 3.8) is 0 Å². The third-order valence-corrected chi connectivity index (χ3v) is 6.55. The smallest absolute Gasteiger partial charge is 0.329 e. The van der Waals surface area contributed by atoms with Gasteiger partial charge in [0.15, 0.2) is 5.65 Å². The van der Waals surface area contributed by atoms with E-state index in [9.17, 15) is 19.2 Å². The fourth-order valence-electron chi connectivity index (χ4n) is 4.55. The molecule has 0 radical (unpaired) electrons. The highest BCUT2D eigenvalue weighted by atomic mass is 16.2. The summed E-state index contributed by atoms with van der Waals surface area (Å²) in [6.45, 7) is 3.87. The maximum Gasteiger partial charge on any atom is 0.329 e. The van der Waals surface area contributed by atoms with Crippen LogP contribution < -0.4 is 16.6 Å². The van der Waals surface area contributed by atoms with Gasteiger partial charge in [-0.15, -0.1) is 0 Å². The number of aromatic amines is 1. The van der Waals surface area contributed by atoms with Gasteiger partial charge in [-0.1, -0.05) is 12.1 Å². The molecule has 0 bridgehead atoms. The van der Waals surface area contributed by atoms with Crippen LogP contribution in [0.3, 0.4) is 0 Å². The number of likely N-dealkylation sites (tertiary alicyclic amines) is 1. The van der Waals surface area contributed by atoms with Crippen LogP contribution in [-0.4, -0.2) is 44.3 Å². The SMILES string of the molecule is CCn1c(=O)[nH]c(=O)c2c(C(=O)NCc3cccc(C(=O)N4CCCC4)c3)cc(C3CC3)nc21. The maximum absolute atomic E-state index is 13.2. The Morgan fingerprint density at radius 3 is 2.62 bits per heavy atom. The molecule has 2 fully saturated rings. The zero-order chi connectivity index (χ0) is 23.8. The van der Waals surface area contributed by atoms with Crippen LogP contribution in [0.1, 0.15) is 70.5 Å². The lowest BCUT2D eigenvalue weighted by molar-refractivity contribution is 0.0792. The molecule has 1 aromatic carbocycles. The molecule has 2 aromatic heterocycles. The van der Waals surface area contributed by atoms with E-state index in [1.807, 2.05) is 17.0 Å². The van der Waals surface area contributed by atoms with Crippen molar-refractivity contribution < 1.29 is 9.59 Å². The number of benzene rings is 1. The zero-order valence-corrected chi connectivity index (χ0v) is 19.1. The van der Waals surface area contributed by atoms with Crippen LogP contribution in [0.2, 0.25) is 0 Å². The Labute approximate surface area is 195 Å². The van der Waals surface area contributed by atoms with Gasteiger partial charge in [0.1, 0.15) is 0 Å². The molecular weight excluding hydrogens is 434 g/mol. The summed E-state index contributed by atoms with van der Waals surface area (Å²) in [7, 11) is 0. The highest BCUT2D eigenvalue weighted by Crippen LogP contribution is 2.39. The van der Waals surface area contributed by atoms with E-state index in [0.717, 1.165) is 50.0 Å². The second-order valence-corrected chi connectivity index (χ2v) is 8.95. The fourth-order valence-corrected chi connectivity index (χ4v) is 4.55. The molecule has 176 valence electrons. The van der Waals surface area contributed by atoms with Crippen molar-refractivity contribution in [1.82, 2.24) is 24.8 Å². The molecule has 1 aliphatic carbocycles. The van der Waals surface area contributed by atoms with E-state index in [1.54, 1.807) is 25.1 Å². The number of carbonyl (C=O) groups excluding carboxylic acids is 2. The van der Waals surface area contributed by atoms with Crippen LogP contribution in [0.25, 0.3) is 11.0 Å². The average molecular weight is 462 g/mol. The number of pyridine rings is 1. The van der Waals surface area contributed by atoms with Crippen molar-refractivity contribution in [1.29, 1.82) is 0 Å². The highest BCUT2D eigenvalue weighted by Gasteiger charge is 2.28. The van der Waals surface area contributed by atoms with Gasteiger partial charge in [-0.25, -0.2) is 9.78 Å². The largest absolute Gasteiger partial charge is 0.348 e. The van der Waals surface area contributed by atoms with E-state index in [1.165, 1.54) is 4.57 Å². The summed E-state index contributed by atoms with van der Waals surface area (Å²) in [5.74, 6) is -0.176. The molecule has 3 aromatic rings. The van der Waals surface area contributed by atoms with Gasteiger partial charge in [0, 0.05) is 43.4 Å². The van der Waals surface area contributed by atoms with Gasteiger partial charge in [0.05, 0.1) is 10.9 Å². The maximum atomic E-state index is 13.2. The molecule has 2 amide bonds. The van der Waals surface area contributed by atoms with Gasteiger partial charge in [-0.2, -0.15) is 0 Å². The highest BCUT2D eigenvalue weighted by molar-refractivity contribution is 6.05. The standard InChI is InChI=1S/C25H27N5O4/c1-2-30-21-20(23(32)28-25(30)34)18(13-19(27-21)16-8-9-16)22(31)26-14-15-6-5-7-17(12-15)24(33)29-10-3-4-11-29/h5-7,12-13,16H,2-4,8-11,14H2,1H3,(H,26,31)(H,28,32,34). The van der Waals surface area contributed by atoms with E-state index < -0.39 is 17.2 Å². The summed E-state index contributed by atoms with van der Waals surface area (Å²) >= 11 is 0. The summed E-state index contributed by atoms with van der Waals surface area (Å²) in [5.41, 5.74) is 1.40. The Morgan fingerprint density at radius 1 is 1.15 bits per heavy atom. The summed E-state index contributed by atoms with van der Waals surface area (Å²) in [5, 5.41) is 2.99. The minimum Gasteiger partial charge on any atom is -0.348 e. The summed E-state index contributed by atoms with van der Waals surface area (Å²) in [6, 6.07) is 8.91. The third kappa shape index (κ3) is 4.13. The Hall–Kier alpha value is -3.75. The number of aryl methyl sites for hydroxylation is 1. The topological polar surface area (TPSA) is 117 Å². The molecular formula is C25H27N5O4. The van der Waals surface area contributed by atoms with Crippen LogP contribution in [0.5, 0.6) is 0 Å². The predicted molar refractivity (Wildman–Crippen MR) is 127 cm³/mol. The predicted octanol–water partition coefficient (Wildman–Crippen LogP) is 2.15. The molecule has 3 heterocycles. The average Bonchev–Trinajstić information content (AvgIpc) is 3.55. The number of hydrogen-bond donors (Lipinski definition) is 2. The van der Waals surface area contributed by atoms with E-state index in [4.69, 9.17) is 0 Å². The van der Waals surface area contributed by atoms with Gasteiger partial charge in [0.2, 0.25) is 0 Å². The fraction of sp³-hybridized carbons (Fsp3) is 0.400. The summed E-state index contributed by atoms with van der Waals surface area (Å²) in [6.07, 6.45) is 3.98. The van der Waals surface area contributed by atoms with Gasteiger partial charge >= 0.3 is 5.69 Å². The number of rotatable bonds is 6. The number of carbonyl (C=O) groups is 2. The molecule has 5 rings (SSSR count). The van der Waals surface area contributed by atoms with Crippen LogP contribution in [0.15, 0.2) is 39.9 Å². The minimum absolute atomic E-state index is 0.00366. The summed E-state index contributed by atoms with van der Waals surface area (Å²) in [4.78, 5) is 59.6. The number of aromatic nitrogens is 3. The number of amides is 2. The van der Waals surface area contributed by atoms with Crippen molar-refractivity contribution in [3.05, 3.63) is 73.6 Å². The molecule has 2 N–H and O–H groups in total. The Morgan fingerprint density at radius 2 is 1.91 bits per heavy atom. The van der Waals surface area contributed by atoms with Crippen molar-refractivity contribution >= 4 is 22.8 Å². The quantitative estimate of drug-likeness (QED) is 0.583. The van der Waals surface area contributed by atoms with E-state index in [-0.39, 0.29) is 35.0 Å². The Balaban J connectivity index is 1.44. The van der Waals surface area contributed by atoms with Crippen molar-refractivity contribution in [2.75, 3.05) is 13.1 Å². The van der Waals surface area contributed by atoms with Gasteiger partial charge in [-0.05, 0) is 56.4 Å². The molecule has 9 heteroatoms. The first-order valence-corrected chi connectivity index (χ1v) is 11.8. The van der Waals surface area contributed by atoms with Gasteiger partial charge < -0.3 is 10.2 Å². The monoisotopic (exact) mass is 461 g/mol. The third-order valence-electron chi connectivity index (χ3n) is 6.55. The van der Waals surface area contributed by atoms with E-state index in [2.05, 4.69) is 15.3 Å². The lowest BCUT2D eigenvalue weighted by Gasteiger charge is -2.16. The molecule has 0 spiro atoms. The second kappa shape index (κ2) is 8.89. The zero-order valence-electron chi connectivity index (χ0n) is 19.1. The molecule has 2 aliphatic rings. The molecule has 0 unspecified atom stereocenters. The number of nitrogens with one attached hydrogen (secondary N) is 2. The summed E-state index contributed by atoms with van der Waals surface area (Å²) < 4.78 is 1.38. The van der Waals surface area contributed by atoms with Gasteiger partial charge in [-0.3, -0.25) is 23.9 Å². The van der Waals surface area contributed by atoms with Crippen LogP contribution in [0.4, 0.5) is 0 Å². The molecule has 1 saturated carbocycles. The number of fused-ring (bicyclic) bond motifs is 1. The number of hydrogen-bond acceptors (Lipinski definition) is 5. The Bertz CT molecular complexity index is 1400. The van der Waals surface area contributed by atoms with Crippen LogP contribution >= 0.6 is 0 Å². The van der Waals surface area contributed by atoms with Crippen LogP contribution in [0, 0.1) is 0 Å². The number of H-pyrrole nitrogens is 1. The van der Waals surface area contributed by atoms with Crippen LogP contribution in [-0.2, 0) is 13.1 Å². The van der Waals surface area contributed by atoms with Crippen molar-refractivity contribution in [2.24, 2.45) is 0 Å². The first-order valence-electron chi connectivity index (χ1n) is 11.8. The normalized spacial score (nSPS) is 15.6. The molecule has 34 heavy (non-hydrogen) atoms. The minimum atomic E-state index is -0.622. The first kappa shape index (κ1) is 22.1. The lowest BCUT2D eigenvalue weighted by Crippen LogP contribution is -2.33. The lowest BCUT2D eigenvalue weighted by atomic mass is 10.1. The van der Waals surface area contributed by atoms with Gasteiger partial charge in [0.25, 0.3) is 17.4 Å². The second-order valence-electron chi connectivity index (χ2n) is 8.95. The number of nitrogens with zero attached hydrogens (tertiary/aromatic N) is 3. The van der Waals surface area contributed by atoms with E-state index in [0.29, 0.717) is 12.1 Å². The molecule has 1 saturated heterocycles. The first-order chi connectivity index (χ1) is 16.5. The van der Waals surface area contributed by atoms with Crippen molar-refractivity contribution in [2.45, 2.75) is 51.6 Å². The molecule has 1 aliphatic heterocycles. The molecule has 9 nitrogen and oxygen atoms in total. The van der Waals surface area contributed by atoms with E-state index >= 15 is 0 Å².